The standard InChI is InChI=1S/C19H24N2O4S/c1-5-20-19(22)17-12-16(10-11-18(17)25-4)26(23,24)21-15-8-6-14(7-9-15)13(2)3/h6-13,21H,5H2,1-4H3,(H,20,22). The number of sulfonamides is 1. The summed E-state index contributed by atoms with van der Waals surface area (Å²) in [5, 5.41) is 2.65. The molecule has 0 radical (unpaired) electrons. The van der Waals surface area contributed by atoms with E-state index < -0.39 is 10.0 Å². The topological polar surface area (TPSA) is 84.5 Å². The maximum Gasteiger partial charge on any atom is 0.261 e. The van der Waals surface area contributed by atoms with Gasteiger partial charge in [0.1, 0.15) is 5.75 Å². The molecule has 0 heterocycles. The summed E-state index contributed by atoms with van der Waals surface area (Å²) in [6, 6.07) is 11.4. The van der Waals surface area contributed by atoms with Crippen molar-refractivity contribution in [3.63, 3.8) is 0 Å². The van der Waals surface area contributed by atoms with Crippen LogP contribution in [0.4, 0.5) is 5.69 Å². The van der Waals surface area contributed by atoms with Crippen molar-refractivity contribution in [2.45, 2.75) is 31.6 Å². The predicted octanol–water partition coefficient (Wildman–Crippen LogP) is 3.37. The average molecular weight is 376 g/mol. The minimum absolute atomic E-state index is 0.00695. The second-order valence-corrected chi connectivity index (χ2v) is 7.79. The molecule has 0 aliphatic carbocycles. The van der Waals surface area contributed by atoms with E-state index >= 15 is 0 Å². The molecule has 0 unspecified atom stereocenters. The Morgan fingerprint density at radius 3 is 2.31 bits per heavy atom. The number of carbonyl (C=O) groups is 1. The number of anilines is 1. The maximum atomic E-state index is 12.7. The summed E-state index contributed by atoms with van der Waals surface area (Å²) in [4.78, 5) is 12.1. The van der Waals surface area contributed by atoms with Gasteiger partial charge in [0, 0.05) is 12.2 Å². The third-order valence-corrected chi connectivity index (χ3v) is 5.27. The highest BCUT2D eigenvalue weighted by atomic mass is 32.2. The number of carbonyl (C=O) groups excluding carboxylic acids is 1. The molecule has 2 aromatic carbocycles. The van der Waals surface area contributed by atoms with Crippen LogP contribution in [0.3, 0.4) is 0 Å². The van der Waals surface area contributed by atoms with Crippen LogP contribution in [0, 0.1) is 0 Å². The molecule has 26 heavy (non-hydrogen) atoms. The number of rotatable bonds is 7. The maximum absolute atomic E-state index is 12.7. The minimum atomic E-state index is -3.83. The second-order valence-electron chi connectivity index (χ2n) is 6.10. The van der Waals surface area contributed by atoms with Crippen molar-refractivity contribution in [1.29, 1.82) is 0 Å². The minimum Gasteiger partial charge on any atom is -0.496 e. The van der Waals surface area contributed by atoms with E-state index in [4.69, 9.17) is 4.74 Å². The van der Waals surface area contributed by atoms with Gasteiger partial charge in [0.25, 0.3) is 15.9 Å². The Bertz CT molecular complexity index is 875. The van der Waals surface area contributed by atoms with Crippen LogP contribution in [0.25, 0.3) is 0 Å². The zero-order valence-corrected chi connectivity index (χ0v) is 16.2. The van der Waals surface area contributed by atoms with E-state index in [0.717, 1.165) is 5.56 Å². The molecular weight excluding hydrogens is 352 g/mol. The van der Waals surface area contributed by atoms with E-state index in [0.29, 0.717) is 23.9 Å². The van der Waals surface area contributed by atoms with Crippen molar-refractivity contribution in [2.75, 3.05) is 18.4 Å². The number of ether oxygens (including phenoxy) is 1. The quantitative estimate of drug-likeness (QED) is 0.776. The third-order valence-electron chi connectivity index (χ3n) is 3.89. The molecule has 1 amide bonds. The first-order valence-electron chi connectivity index (χ1n) is 8.37. The van der Waals surface area contributed by atoms with Crippen molar-refractivity contribution in [3.05, 3.63) is 53.6 Å². The summed E-state index contributed by atoms with van der Waals surface area (Å²) >= 11 is 0. The number of amides is 1. The van der Waals surface area contributed by atoms with Crippen LogP contribution < -0.4 is 14.8 Å². The molecular formula is C19H24N2O4S. The zero-order valence-electron chi connectivity index (χ0n) is 15.4. The monoisotopic (exact) mass is 376 g/mol. The smallest absolute Gasteiger partial charge is 0.261 e. The lowest BCUT2D eigenvalue weighted by Crippen LogP contribution is -2.24. The van der Waals surface area contributed by atoms with Gasteiger partial charge < -0.3 is 10.1 Å². The van der Waals surface area contributed by atoms with Crippen LogP contribution in [0.1, 0.15) is 42.6 Å². The lowest BCUT2D eigenvalue weighted by molar-refractivity contribution is 0.0952. The van der Waals surface area contributed by atoms with Crippen molar-refractivity contribution in [2.24, 2.45) is 0 Å². The summed E-state index contributed by atoms with van der Waals surface area (Å²) in [6.07, 6.45) is 0. The number of benzene rings is 2. The number of hydrogen-bond donors (Lipinski definition) is 2. The Morgan fingerprint density at radius 1 is 1.12 bits per heavy atom. The second kappa shape index (κ2) is 8.23. The Morgan fingerprint density at radius 2 is 1.77 bits per heavy atom. The fourth-order valence-electron chi connectivity index (χ4n) is 2.44. The van der Waals surface area contributed by atoms with E-state index in [1.54, 1.807) is 19.1 Å². The first-order valence-corrected chi connectivity index (χ1v) is 9.85. The van der Waals surface area contributed by atoms with E-state index in [2.05, 4.69) is 23.9 Å². The molecule has 0 fully saturated rings. The van der Waals surface area contributed by atoms with E-state index in [9.17, 15) is 13.2 Å². The van der Waals surface area contributed by atoms with Crippen molar-refractivity contribution >= 4 is 21.6 Å². The summed E-state index contributed by atoms with van der Waals surface area (Å²) in [5.74, 6) is 0.292. The van der Waals surface area contributed by atoms with Gasteiger partial charge in [-0.3, -0.25) is 9.52 Å². The van der Waals surface area contributed by atoms with Gasteiger partial charge in [0.2, 0.25) is 0 Å². The van der Waals surface area contributed by atoms with Crippen molar-refractivity contribution in [1.82, 2.24) is 5.32 Å². The molecule has 0 atom stereocenters. The normalized spacial score (nSPS) is 11.3. The fraction of sp³-hybridized carbons (Fsp3) is 0.316. The van der Waals surface area contributed by atoms with Crippen LogP contribution in [0.15, 0.2) is 47.4 Å². The van der Waals surface area contributed by atoms with E-state index in [-0.39, 0.29) is 16.4 Å². The van der Waals surface area contributed by atoms with Crippen molar-refractivity contribution < 1.29 is 17.9 Å². The Labute approximate surface area is 154 Å². The Balaban J connectivity index is 2.33. The van der Waals surface area contributed by atoms with Gasteiger partial charge in [-0.1, -0.05) is 26.0 Å². The molecule has 2 rings (SSSR count). The molecule has 2 N–H and O–H groups in total. The molecule has 0 aliphatic heterocycles. The van der Waals surface area contributed by atoms with Gasteiger partial charge in [-0.25, -0.2) is 8.42 Å². The molecule has 0 spiro atoms. The molecule has 0 aliphatic rings. The predicted molar refractivity (Wildman–Crippen MR) is 102 cm³/mol. The SMILES string of the molecule is CCNC(=O)c1cc(S(=O)(=O)Nc2ccc(C(C)C)cc2)ccc1OC. The van der Waals surface area contributed by atoms with E-state index in [1.165, 1.54) is 25.3 Å². The van der Waals surface area contributed by atoms with Gasteiger partial charge in [0.15, 0.2) is 0 Å². The molecule has 0 saturated heterocycles. The molecule has 140 valence electrons. The van der Waals surface area contributed by atoms with Crippen LogP contribution in [0.2, 0.25) is 0 Å². The zero-order chi connectivity index (χ0) is 19.3. The highest BCUT2D eigenvalue weighted by Gasteiger charge is 2.20. The first-order chi connectivity index (χ1) is 12.3. The van der Waals surface area contributed by atoms with Crippen LogP contribution in [-0.2, 0) is 10.0 Å². The highest BCUT2D eigenvalue weighted by Crippen LogP contribution is 2.25. The number of hydrogen-bond acceptors (Lipinski definition) is 4. The van der Waals surface area contributed by atoms with Gasteiger partial charge in [-0.2, -0.15) is 0 Å². The van der Waals surface area contributed by atoms with Gasteiger partial charge in [0.05, 0.1) is 17.6 Å². The molecule has 2 aromatic rings. The summed E-state index contributed by atoms with van der Waals surface area (Å²) in [5.41, 5.74) is 1.76. The largest absolute Gasteiger partial charge is 0.496 e. The Kier molecular flexibility index (Phi) is 6.26. The van der Waals surface area contributed by atoms with Crippen molar-refractivity contribution in [3.8, 4) is 5.75 Å². The first kappa shape index (κ1) is 19.8. The molecule has 0 saturated carbocycles. The van der Waals surface area contributed by atoms with Crippen LogP contribution in [-0.4, -0.2) is 28.0 Å². The summed E-state index contributed by atoms with van der Waals surface area (Å²) in [6.45, 7) is 6.35. The average Bonchev–Trinajstić information content (AvgIpc) is 2.61. The summed E-state index contributed by atoms with van der Waals surface area (Å²) < 4.78 is 33.0. The molecule has 7 heteroatoms. The molecule has 0 aromatic heterocycles. The summed E-state index contributed by atoms with van der Waals surface area (Å²) in [7, 11) is -2.40. The lowest BCUT2D eigenvalue weighted by Gasteiger charge is -2.13. The van der Waals surface area contributed by atoms with Crippen LogP contribution >= 0.6 is 0 Å². The fourth-order valence-corrected chi connectivity index (χ4v) is 3.52. The third kappa shape index (κ3) is 4.54. The van der Waals surface area contributed by atoms with E-state index in [1.807, 2.05) is 12.1 Å². The number of nitrogens with one attached hydrogen (secondary N) is 2. The number of methoxy groups -OCH3 is 1. The van der Waals surface area contributed by atoms with Gasteiger partial charge in [-0.15, -0.1) is 0 Å². The van der Waals surface area contributed by atoms with Crippen LogP contribution in [0.5, 0.6) is 5.75 Å². The van der Waals surface area contributed by atoms with Gasteiger partial charge >= 0.3 is 0 Å². The Hall–Kier alpha value is -2.54. The lowest BCUT2D eigenvalue weighted by atomic mass is 10.0. The highest BCUT2D eigenvalue weighted by molar-refractivity contribution is 7.92. The molecule has 0 bridgehead atoms. The molecule has 6 nitrogen and oxygen atoms in total. The van der Waals surface area contributed by atoms with Gasteiger partial charge in [-0.05, 0) is 48.7 Å².